The smallest absolute Gasteiger partial charge is 0.251 e. The molecule has 0 aliphatic rings. The van der Waals surface area contributed by atoms with Gasteiger partial charge in [-0.2, -0.15) is 0 Å². The lowest BCUT2D eigenvalue weighted by molar-refractivity contribution is -0.704. The van der Waals surface area contributed by atoms with Gasteiger partial charge in [-0.05, 0) is 24.6 Å². The molecule has 0 bridgehead atoms. The maximum atomic E-state index is 12.7. The standard InChI is InChI=1S/C31H48N2O3/c1-4-6-7-8-9-10-11-12-13-14-15-18-24-36-29-21-20-27(25-30(29)35-3)31(34)32-26-28-19-16-17-23-33(28)22-5-2/h16-17,19-21,23,25H,4-15,18,22,24,26H2,1-3H3/p+1. The van der Waals surface area contributed by atoms with Gasteiger partial charge in [-0.15, -0.1) is 0 Å². The van der Waals surface area contributed by atoms with E-state index in [0.29, 0.717) is 30.2 Å². The fraction of sp³-hybridized carbons (Fsp3) is 0.613. The van der Waals surface area contributed by atoms with Gasteiger partial charge in [0.15, 0.2) is 17.7 Å². The Kier molecular flexibility index (Phi) is 15.4. The first-order valence-corrected chi connectivity index (χ1v) is 14.3. The molecule has 1 N–H and O–H groups in total. The summed E-state index contributed by atoms with van der Waals surface area (Å²) in [5.74, 6) is 1.18. The predicted molar refractivity (Wildman–Crippen MR) is 148 cm³/mol. The van der Waals surface area contributed by atoms with Crippen LogP contribution in [-0.4, -0.2) is 19.6 Å². The van der Waals surface area contributed by atoms with Gasteiger partial charge in [-0.1, -0.05) is 90.5 Å². The molecule has 0 spiro atoms. The third kappa shape index (κ3) is 11.5. The minimum Gasteiger partial charge on any atom is -0.493 e. The highest BCUT2D eigenvalue weighted by molar-refractivity contribution is 5.94. The van der Waals surface area contributed by atoms with Gasteiger partial charge in [0.05, 0.1) is 13.7 Å². The Balaban J connectivity index is 1.66. The van der Waals surface area contributed by atoms with Crippen molar-refractivity contribution in [3.8, 4) is 11.5 Å². The Bertz CT molecular complexity index is 869. The number of carbonyl (C=O) groups is 1. The van der Waals surface area contributed by atoms with E-state index in [1.165, 1.54) is 70.6 Å². The van der Waals surface area contributed by atoms with Crippen LogP contribution in [0, 0.1) is 0 Å². The number of hydrogen-bond donors (Lipinski definition) is 1. The minimum absolute atomic E-state index is 0.118. The van der Waals surface area contributed by atoms with Crippen LogP contribution in [0.2, 0.25) is 0 Å². The first-order chi connectivity index (χ1) is 17.7. The fourth-order valence-corrected chi connectivity index (χ4v) is 4.46. The maximum absolute atomic E-state index is 12.7. The normalized spacial score (nSPS) is 10.9. The van der Waals surface area contributed by atoms with Crippen LogP contribution in [0.1, 0.15) is 113 Å². The van der Waals surface area contributed by atoms with Crippen molar-refractivity contribution in [1.29, 1.82) is 0 Å². The summed E-state index contributed by atoms with van der Waals surface area (Å²) in [5, 5.41) is 3.02. The van der Waals surface area contributed by atoms with Crippen molar-refractivity contribution in [1.82, 2.24) is 5.32 Å². The van der Waals surface area contributed by atoms with Gasteiger partial charge in [0, 0.05) is 24.1 Å². The first kappa shape index (κ1) is 29.7. The second-order valence-corrected chi connectivity index (χ2v) is 9.67. The average molecular weight is 498 g/mol. The maximum Gasteiger partial charge on any atom is 0.251 e. The van der Waals surface area contributed by atoms with Crippen LogP contribution in [0.25, 0.3) is 0 Å². The Labute approximate surface area is 219 Å². The van der Waals surface area contributed by atoms with Crippen LogP contribution in [0.5, 0.6) is 11.5 Å². The zero-order valence-electron chi connectivity index (χ0n) is 23.0. The molecule has 36 heavy (non-hydrogen) atoms. The van der Waals surface area contributed by atoms with E-state index in [9.17, 15) is 4.79 Å². The molecule has 0 atom stereocenters. The number of pyridine rings is 1. The average Bonchev–Trinajstić information content (AvgIpc) is 2.90. The summed E-state index contributed by atoms with van der Waals surface area (Å²) in [7, 11) is 1.62. The molecule has 5 nitrogen and oxygen atoms in total. The zero-order chi connectivity index (χ0) is 25.8. The number of nitrogens with zero attached hydrogens (tertiary/aromatic N) is 1. The third-order valence-electron chi connectivity index (χ3n) is 6.61. The van der Waals surface area contributed by atoms with Crippen LogP contribution < -0.4 is 19.4 Å². The van der Waals surface area contributed by atoms with E-state index in [-0.39, 0.29) is 5.91 Å². The van der Waals surface area contributed by atoms with E-state index in [1.807, 2.05) is 24.3 Å². The van der Waals surface area contributed by atoms with Crippen molar-refractivity contribution in [3.05, 3.63) is 53.9 Å². The summed E-state index contributed by atoms with van der Waals surface area (Å²) in [5.41, 5.74) is 1.66. The molecule has 1 aromatic heterocycles. The molecule has 1 aromatic carbocycles. The fourth-order valence-electron chi connectivity index (χ4n) is 4.46. The Hall–Kier alpha value is -2.56. The van der Waals surface area contributed by atoms with Crippen molar-refractivity contribution >= 4 is 5.91 Å². The van der Waals surface area contributed by atoms with Crippen molar-refractivity contribution in [2.24, 2.45) is 0 Å². The van der Waals surface area contributed by atoms with E-state index in [1.54, 1.807) is 19.2 Å². The van der Waals surface area contributed by atoms with Gasteiger partial charge >= 0.3 is 0 Å². The number of amides is 1. The summed E-state index contributed by atoms with van der Waals surface area (Å²) >= 11 is 0. The molecule has 0 aliphatic carbocycles. The highest BCUT2D eigenvalue weighted by Gasteiger charge is 2.14. The second kappa shape index (κ2) is 18.7. The Morgan fingerprint density at radius 3 is 2.11 bits per heavy atom. The molecule has 200 valence electrons. The number of aromatic nitrogens is 1. The molecule has 0 saturated carbocycles. The van der Waals surface area contributed by atoms with Crippen LogP contribution in [-0.2, 0) is 13.1 Å². The molecule has 0 aliphatic heterocycles. The summed E-state index contributed by atoms with van der Waals surface area (Å²) in [6.45, 7) is 6.51. The van der Waals surface area contributed by atoms with Gasteiger partial charge < -0.3 is 14.8 Å². The molecule has 0 radical (unpaired) electrons. The van der Waals surface area contributed by atoms with E-state index in [4.69, 9.17) is 9.47 Å². The van der Waals surface area contributed by atoms with Gasteiger partial charge in [0.25, 0.3) is 5.91 Å². The van der Waals surface area contributed by atoms with Crippen LogP contribution in [0.3, 0.4) is 0 Å². The molecule has 0 unspecified atom stereocenters. The lowest BCUT2D eigenvalue weighted by Crippen LogP contribution is -2.40. The summed E-state index contributed by atoms with van der Waals surface area (Å²) in [4.78, 5) is 12.7. The van der Waals surface area contributed by atoms with E-state index < -0.39 is 0 Å². The van der Waals surface area contributed by atoms with Crippen molar-refractivity contribution in [2.75, 3.05) is 13.7 Å². The molecular weight excluding hydrogens is 448 g/mol. The van der Waals surface area contributed by atoms with Gasteiger partial charge in [0.2, 0.25) is 5.69 Å². The van der Waals surface area contributed by atoms with Crippen LogP contribution in [0.15, 0.2) is 42.6 Å². The van der Waals surface area contributed by atoms with Crippen molar-refractivity contribution in [2.45, 2.75) is 110 Å². The number of methoxy groups -OCH3 is 1. The Morgan fingerprint density at radius 1 is 0.806 bits per heavy atom. The molecular formula is C31H49N2O3+. The number of unbranched alkanes of at least 4 members (excludes halogenated alkanes) is 11. The van der Waals surface area contributed by atoms with Gasteiger partial charge in [-0.3, -0.25) is 4.79 Å². The van der Waals surface area contributed by atoms with Crippen LogP contribution in [0.4, 0.5) is 0 Å². The SMILES string of the molecule is CCCCCCCCCCCCCCOc1ccc(C(=O)NCc2cccc[n+]2CCC)cc1OC. The quantitative estimate of drug-likeness (QED) is 0.153. The summed E-state index contributed by atoms with van der Waals surface area (Å²) < 4.78 is 13.6. The number of nitrogens with one attached hydrogen (secondary N) is 1. The Morgan fingerprint density at radius 2 is 1.47 bits per heavy atom. The number of ether oxygens (including phenoxy) is 2. The lowest BCUT2D eigenvalue weighted by Gasteiger charge is -2.12. The molecule has 1 amide bonds. The largest absolute Gasteiger partial charge is 0.493 e. The monoisotopic (exact) mass is 497 g/mol. The van der Waals surface area contributed by atoms with E-state index in [2.05, 4.69) is 29.9 Å². The van der Waals surface area contributed by atoms with E-state index in [0.717, 1.165) is 25.1 Å². The zero-order valence-corrected chi connectivity index (χ0v) is 23.0. The molecule has 2 aromatic rings. The molecule has 2 rings (SSSR count). The number of hydrogen-bond acceptors (Lipinski definition) is 3. The summed E-state index contributed by atoms with van der Waals surface area (Å²) in [6.07, 6.45) is 19.0. The predicted octanol–water partition coefficient (Wildman–Crippen LogP) is 7.40. The van der Waals surface area contributed by atoms with Crippen molar-refractivity contribution in [3.63, 3.8) is 0 Å². The molecule has 1 heterocycles. The third-order valence-corrected chi connectivity index (χ3v) is 6.61. The molecule has 0 saturated heterocycles. The highest BCUT2D eigenvalue weighted by Crippen LogP contribution is 2.28. The number of aryl methyl sites for hydroxylation is 1. The van der Waals surface area contributed by atoms with E-state index >= 15 is 0 Å². The van der Waals surface area contributed by atoms with Crippen molar-refractivity contribution < 1.29 is 18.8 Å². The van der Waals surface area contributed by atoms with Gasteiger partial charge in [0.1, 0.15) is 13.1 Å². The topological polar surface area (TPSA) is 51.4 Å². The lowest BCUT2D eigenvalue weighted by atomic mass is 10.1. The van der Waals surface area contributed by atoms with Gasteiger partial charge in [-0.25, -0.2) is 4.57 Å². The van der Waals surface area contributed by atoms with Crippen LogP contribution >= 0.6 is 0 Å². The molecule has 0 fully saturated rings. The summed E-state index contributed by atoms with van der Waals surface area (Å²) in [6, 6.07) is 11.5. The highest BCUT2D eigenvalue weighted by atomic mass is 16.5. The first-order valence-electron chi connectivity index (χ1n) is 14.3. The molecule has 5 heteroatoms. The second-order valence-electron chi connectivity index (χ2n) is 9.67. The minimum atomic E-state index is -0.118. The number of rotatable bonds is 20. The number of benzene rings is 1. The number of carbonyl (C=O) groups excluding carboxylic acids is 1.